The van der Waals surface area contributed by atoms with Crippen molar-refractivity contribution in [3.63, 3.8) is 0 Å². The van der Waals surface area contributed by atoms with Crippen molar-refractivity contribution in [3.8, 4) is 22.8 Å². The summed E-state index contributed by atoms with van der Waals surface area (Å²) in [5, 5.41) is 11.4. The first-order valence-electron chi connectivity index (χ1n) is 13.1. The molecule has 198 valence electrons. The number of nitrogens with one attached hydrogen (secondary N) is 3. The highest BCUT2D eigenvalue weighted by Gasteiger charge is 2.17. The molecule has 0 bridgehead atoms. The number of aromatic amines is 2. The van der Waals surface area contributed by atoms with Gasteiger partial charge in [0.15, 0.2) is 11.5 Å². The quantitative estimate of drug-likeness (QED) is 0.219. The molecule has 5 aromatic rings. The molecule has 1 unspecified atom stereocenters. The van der Waals surface area contributed by atoms with E-state index in [2.05, 4.69) is 41.5 Å². The molecule has 0 radical (unpaired) electrons. The van der Waals surface area contributed by atoms with Crippen molar-refractivity contribution in [2.24, 2.45) is 10.9 Å². The predicted octanol–water partition coefficient (Wildman–Crippen LogP) is 5.59. The minimum Gasteiger partial charge on any atom is -0.353 e. The Morgan fingerprint density at radius 2 is 2.00 bits per heavy atom. The highest BCUT2D eigenvalue weighted by molar-refractivity contribution is 6.11. The van der Waals surface area contributed by atoms with E-state index in [1.165, 1.54) is 0 Å². The summed E-state index contributed by atoms with van der Waals surface area (Å²) in [5.41, 5.74) is 6.75. The molecule has 1 amide bonds. The largest absolute Gasteiger partial charge is 0.353 e. The van der Waals surface area contributed by atoms with E-state index in [9.17, 15) is 4.79 Å². The Kier molecular flexibility index (Phi) is 7.58. The molecular formula is C30H32N8O. The molecule has 0 saturated carbocycles. The first-order chi connectivity index (χ1) is 18.9. The molecule has 0 fully saturated rings. The molecule has 4 heterocycles. The van der Waals surface area contributed by atoms with Gasteiger partial charge in [0.25, 0.3) is 0 Å². The average molecular weight is 521 g/mol. The van der Waals surface area contributed by atoms with Crippen LogP contribution in [0.3, 0.4) is 0 Å². The molecule has 1 atom stereocenters. The van der Waals surface area contributed by atoms with Gasteiger partial charge in [-0.25, -0.2) is 9.97 Å². The number of H-pyrrole nitrogens is 2. The van der Waals surface area contributed by atoms with Gasteiger partial charge in [0.2, 0.25) is 5.91 Å². The van der Waals surface area contributed by atoms with E-state index in [0.717, 1.165) is 44.5 Å². The Balaban J connectivity index is 1.47. The van der Waals surface area contributed by atoms with Gasteiger partial charge < -0.3 is 10.3 Å². The summed E-state index contributed by atoms with van der Waals surface area (Å²) < 4.78 is 0. The second-order valence-corrected chi connectivity index (χ2v) is 10.0. The normalized spacial score (nSPS) is 13.1. The minimum atomic E-state index is 0.00142. The predicted molar refractivity (Wildman–Crippen MR) is 156 cm³/mol. The Morgan fingerprint density at radius 1 is 1.13 bits per heavy atom. The summed E-state index contributed by atoms with van der Waals surface area (Å²) in [6.07, 6.45) is 8.65. The summed E-state index contributed by atoms with van der Waals surface area (Å²) in [6, 6.07) is 13.9. The van der Waals surface area contributed by atoms with Gasteiger partial charge in [-0.2, -0.15) is 5.10 Å². The molecule has 0 aliphatic heterocycles. The highest BCUT2D eigenvalue weighted by atomic mass is 16.1. The van der Waals surface area contributed by atoms with Crippen LogP contribution in [0.25, 0.3) is 50.4 Å². The fraction of sp³-hybridized carbons (Fsp3) is 0.267. The van der Waals surface area contributed by atoms with Gasteiger partial charge in [0.1, 0.15) is 5.69 Å². The number of aromatic nitrogens is 6. The number of hydrogen-bond donors (Lipinski definition) is 3. The lowest BCUT2D eigenvalue weighted by molar-refractivity contribution is -0.122. The van der Waals surface area contributed by atoms with Crippen LogP contribution in [-0.2, 0) is 4.79 Å². The van der Waals surface area contributed by atoms with E-state index < -0.39 is 0 Å². The maximum Gasteiger partial charge on any atom is 0.220 e. The van der Waals surface area contributed by atoms with E-state index in [1.807, 2.05) is 69.5 Å². The Morgan fingerprint density at radius 3 is 2.77 bits per heavy atom. The van der Waals surface area contributed by atoms with Crippen LogP contribution in [-0.4, -0.2) is 55.3 Å². The Hall–Kier alpha value is -4.66. The van der Waals surface area contributed by atoms with Gasteiger partial charge in [-0.15, -0.1) is 0 Å². The van der Waals surface area contributed by atoms with Gasteiger partial charge in [0, 0.05) is 49.2 Å². The summed E-state index contributed by atoms with van der Waals surface area (Å²) in [5.74, 6) is 1.07. The number of benzene rings is 1. The molecule has 9 nitrogen and oxygen atoms in total. The van der Waals surface area contributed by atoms with Crippen LogP contribution >= 0.6 is 0 Å². The monoisotopic (exact) mass is 520 g/mol. The molecule has 9 heteroatoms. The highest BCUT2D eigenvalue weighted by Crippen LogP contribution is 2.31. The van der Waals surface area contributed by atoms with Crippen LogP contribution in [0, 0.1) is 5.92 Å². The Labute approximate surface area is 226 Å². The van der Waals surface area contributed by atoms with Crippen molar-refractivity contribution in [1.29, 1.82) is 0 Å². The van der Waals surface area contributed by atoms with Crippen molar-refractivity contribution in [1.82, 2.24) is 35.5 Å². The van der Waals surface area contributed by atoms with Gasteiger partial charge in [0.05, 0.1) is 22.1 Å². The first-order valence-corrected chi connectivity index (χ1v) is 13.1. The molecule has 0 spiro atoms. The number of fused-ring (bicyclic) bond motifs is 2. The van der Waals surface area contributed by atoms with Gasteiger partial charge in [-0.3, -0.25) is 19.9 Å². The third-order valence-electron chi connectivity index (χ3n) is 6.39. The lowest BCUT2D eigenvalue weighted by Crippen LogP contribution is -2.32. The van der Waals surface area contributed by atoms with Crippen LogP contribution in [0.15, 0.2) is 65.9 Å². The van der Waals surface area contributed by atoms with Crippen molar-refractivity contribution in [2.75, 3.05) is 7.05 Å². The maximum atomic E-state index is 12.2. The number of amides is 1. The number of para-hydroxylation sites is 1. The third kappa shape index (κ3) is 5.77. The van der Waals surface area contributed by atoms with E-state index in [0.29, 0.717) is 30.2 Å². The lowest BCUT2D eigenvalue weighted by Gasteiger charge is -2.13. The number of hydrogen-bond acceptors (Lipinski definition) is 6. The number of rotatable bonds is 9. The maximum absolute atomic E-state index is 12.2. The smallest absolute Gasteiger partial charge is 0.220 e. The molecule has 0 aliphatic rings. The number of pyridine rings is 2. The number of allylic oxidation sites excluding steroid dienone is 1. The zero-order valence-electron chi connectivity index (χ0n) is 22.6. The molecule has 3 N–H and O–H groups in total. The van der Waals surface area contributed by atoms with Crippen LogP contribution in [0.5, 0.6) is 0 Å². The van der Waals surface area contributed by atoms with Crippen molar-refractivity contribution in [3.05, 3.63) is 66.5 Å². The summed E-state index contributed by atoms with van der Waals surface area (Å²) in [6.45, 7) is 6.09. The second kappa shape index (κ2) is 11.4. The van der Waals surface area contributed by atoms with E-state index in [-0.39, 0.29) is 11.9 Å². The van der Waals surface area contributed by atoms with Gasteiger partial charge in [-0.05, 0) is 49.1 Å². The number of aliphatic imine (C=N–C) groups is 1. The molecule has 5 rings (SSSR count). The number of imidazole rings is 1. The molecule has 0 saturated heterocycles. The number of carbonyl (C=O) groups excluding carboxylic acids is 1. The van der Waals surface area contributed by atoms with Crippen LogP contribution in [0.1, 0.15) is 39.2 Å². The molecule has 39 heavy (non-hydrogen) atoms. The zero-order chi connectivity index (χ0) is 27.4. The van der Waals surface area contributed by atoms with Crippen LogP contribution < -0.4 is 5.32 Å². The molecule has 0 aliphatic carbocycles. The SMILES string of the molecule is CN=C/C(=C\CC(C)NC(=O)CC(C)C)c1cnc2n[nH]c(-c3nc4c(-c5ccccn5)cccc4[nH]3)c2c1. The average Bonchev–Trinajstić information content (AvgIpc) is 3.54. The Bertz CT molecular complexity index is 1660. The van der Waals surface area contributed by atoms with Crippen LogP contribution in [0.2, 0.25) is 0 Å². The molecule has 1 aromatic carbocycles. The van der Waals surface area contributed by atoms with E-state index in [4.69, 9.17) is 4.98 Å². The molecule has 4 aromatic heterocycles. The van der Waals surface area contributed by atoms with Crippen molar-refractivity contribution < 1.29 is 4.79 Å². The van der Waals surface area contributed by atoms with Gasteiger partial charge >= 0.3 is 0 Å². The van der Waals surface area contributed by atoms with E-state index in [1.54, 1.807) is 19.4 Å². The third-order valence-corrected chi connectivity index (χ3v) is 6.39. The number of carbonyl (C=O) groups is 1. The van der Waals surface area contributed by atoms with Crippen molar-refractivity contribution in [2.45, 2.75) is 39.7 Å². The zero-order valence-corrected chi connectivity index (χ0v) is 22.6. The standard InChI is InChI=1S/C30H32N8O/c1-18(2)14-26(39)34-19(3)11-12-20(16-31-4)21-15-23-28(37-38-29(23)33-17-21)30-35-25-10-7-8-22(27(25)36-30)24-9-5-6-13-32-24/h5-10,12-13,15-19H,11,14H2,1-4H3,(H,34,39)(H,35,36)(H,33,37,38)/b20-12+,31-16?. The van der Waals surface area contributed by atoms with Gasteiger partial charge in [-0.1, -0.05) is 38.1 Å². The lowest BCUT2D eigenvalue weighted by atomic mass is 10.0. The van der Waals surface area contributed by atoms with Crippen molar-refractivity contribution >= 4 is 39.8 Å². The van der Waals surface area contributed by atoms with E-state index >= 15 is 0 Å². The van der Waals surface area contributed by atoms with Crippen LogP contribution in [0.4, 0.5) is 0 Å². The first kappa shape index (κ1) is 26.0. The molecular weight excluding hydrogens is 488 g/mol. The summed E-state index contributed by atoms with van der Waals surface area (Å²) >= 11 is 0. The fourth-order valence-corrected chi connectivity index (χ4v) is 4.57. The second-order valence-electron chi connectivity index (χ2n) is 10.0. The minimum absolute atomic E-state index is 0.00142. The summed E-state index contributed by atoms with van der Waals surface area (Å²) in [4.78, 5) is 33.9. The fourth-order valence-electron chi connectivity index (χ4n) is 4.57. The summed E-state index contributed by atoms with van der Waals surface area (Å²) in [7, 11) is 1.74. The number of nitrogens with zero attached hydrogens (tertiary/aromatic N) is 5. The topological polar surface area (TPSA) is 125 Å².